The van der Waals surface area contributed by atoms with Crippen LogP contribution in [0.5, 0.6) is 5.75 Å². The Balaban J connectivity index is 1.57. The SMILES string of the molecule is Cn1cc(C(=O)C(=O)N[C@H]2CN3CCC2CC3)c2cc(O)ccc21. The molecule has 3 saturated heterocycles. The van der Waals surface area contributed by atoms with Crippen LogP contribution >= 0.6 is 0 Å². The quantitative estimate of drug-likeness (QED) is 0.658. The number of aromatic nitrogens is 1. The fourth-order valence-corrected chi connectivity index (χ4v) is 4.05. The van der Waals surface area contributed by atoms with Crippen molar-refractivity contribution in [1.82, 2.24) is 14.8 Å². The lowest BCUT2D eigenvalue weighted by molar-refractivity contribution is -0.119. The van der Waals surface area contributed by atoms with Gasteiger partial charge in [0.05, 0.1) is 5.56 Å². The Labute approximate surface area is 140 Å². The zero-order valence-corrected chi connectivity index (χ0v) is 13.7. The summed E-state index contributed by atoms with van der Waals surface area (Å²) in [7, 11) is 1.82. The van der Waals surface area contributed by atoms with Crippen LogP contribution in [0.25, 0.3) is 10.9 Å². The fraction of sp³-hybridized carbons (Fsp3) is 0.444. The first kappa shape index (κ1) is 15.2. The normalized spacial score (nSPS) is 25.8. The number of phenols is 1. The van der Waals surface area contributed by atoms with Crippen LogP contribution in [0, 0.1) is 5.92 Å². The van der Waals surface area contributed by atoms with E-state index in [4.69, 9.17) is 0 Å². The van der Waals surface area contributed by atoms with E-state index in [0.29, 0.717) is 16.9 Å². The fourth-order valence-electron chi connectivity index (χ4n) is 4.05. The number of hydrogen-bond donors (Lipinski definition) is 2. The summed E-state index contributed by atoms with van der Waals surface area (Å²) in [6.45, 7) is 3.02. The van der Waals surface area contributed by atoms with Gasteiger partial charge >= 0.3 is 0 Å². The number of carbonyl (C=O) groups is 2. The number of piperidine rings is 3. The highest BCUT2D eigenvalue weighted by Crippen LogP contribution is 2.28. The molecular formula is C18H21N3O3. The standard InChI is InChI=1S/C18H21N3O3/c1-20-9-14(13-8-12(22)2-3-16(13)20)17(23)18(24)19-15-10-21-6-4-11(15)5-7-21/h2-3,8-9,11,15,22H,4-7,10H2,1H3,(H,19,24)/t15-/m0/s1. The van der Waals surface area contributed by atoms with Gasteiger partial charge in [0.25, 0.3) is 11.7 Å². The molecule has 1 atom stereocenters. The number of carbonyl (C=O) groups excluding carboxylic acids is 2. The van der Waals surface area contributed by atoms with Gasteiger partial charge in [-0.1, -0.05) is 0 Å². The monoisotopic (exact) mass is 327 g/mol. The molecule has 6 nitrogen and oxygen atoms in total. The molecule has 1 amide bonds. The zero-order chi connectivity index (χ0) is 16.8. The Morgan fingerprint density at radius 1 is 1.25 bits per heavy atom. The molecule has 24 heavy (non-hydrogen) atoms. The molecule has 2 bridgehead atoms. The summed E-state index contributed by atoms with van der Waals surface area (Å²) in [4.78, 5) is 27.5. The average molecular weight is 327 g/mol. The molecule has 5 rings (SSSR count). The minimum atomic E-state index is -0.551. The Hall–Kier alpha value is -2.34. The number of amides is 1. The molecular weight excluding hydrogens is 306 g/mol. The van der Waals surface area contributed by atoms with Crippen LogP contribution in [0.2, 0.25) is 0 Å². The minimum Gasteiger partial charge on any atom is -0.508 e. The second-order valence-corrected chi connectivity index (χ2v) is 6.90. The molecule has 0 radical (unpaired) electrons. The van der Waals surface area contributed by atoms with E-state index < -0.39 is 11.7 Å². The largest absolute Gasteiger partial charge is 0.508 e. The van der Waals surface area contributed by atoms with Gasteiger partial charge in [0.1, 0.15) is 5.75 Å². The van der Waals surface area contributed by atoms with Crippen LogP contribution in [0.3, 0.4) is 0 Å². The molecule has 0 unspecified atom stereocenters. The molecule has 2 aromatic rings. The molecule has 6 heteroatoms. The number of phenolic OH excluding ortho intramolecular Hbond substituents is 1. The summed E-state index contributed by atoms with van der Waals surface area (Å²) in [5, 5.41) is 13.2. The smallest absolute Gasteiger partial charge is 0.292 e. The molecule has 4 heterocycles. The molecule has 1 aromatic heterocycles. The average Bonchev–Trinajstić information content (AvgIpc) is 2.91. The maximum Gasteiger partial charge on any atom is 0.292 e. The topological polar surface area (TPSA) is 74.6 Å². The Kier molecular flexibility index (Phi) is 3.57. The highest BCUT2D eigenvalue weighted by Gasteiger charge is 2.36. The number of fused-ring (bicyclic) bond motifs is 4. The van der Waals surface area contributed by atoms with Crippen molar-refractivity contribution in [3.63, 3.8) is 0 Å². The molecule has 0 aliphatic carbocycles. The van der Waals surface area contributed by atoms with Gasteiger partial charge < -0.3 is 19.9 Å². The van der Waals surface area contributed by atoms with Crippen molar-refractivity contribution in [3.05, 3.63) is 30.0 Å². The number of rotatable bonds is 3. The number of nitrogens with zero attached hydrogens (tertiary/aromatic N) is 2. The van der Waals surface area contributed by atoms with Crippen molar-refractivity contribution in [3.8, 4) is 5.75 Å². The van der Waals surface area contributed by atoms with Gasteiger partial charge in [-0.25, -0.2) is 0 Å². The zero-order valence-electron chi connectivity index (χ0n) is 13.7. The Morgan fingerprint density at radius 2 is 2.00 bits per heavy atom. The molecule has 126 valence electrons. The third-order valence-corrected chi connectivity index (χ3v) is 5.40. The second-order valence-electron chi connectivity index (χ2n) is 6.90. The summed E-state index contributed by atoms with van der Waals surface area (Å²) in [5.74, 6) is -0.531. The lowest BCUT2D eigenvalue weighted by Gasteiger charge is -2.44. The second kappa shape index (κ2) is 5.63. The van der Waals surface area contributed by atoms with Crippen LogP contribution in [0.1, 0.15) is 23.2 Å². The summed E-state index contributed by atoms with van der Waals surface area (Å²) < 4.78 is 1.80. The molecule has 2 N–H and O–H groups in total. The Morgan fingerprint density at radius 3 is 2.67 bits per heavy atom. The molecule has 3 aliphatic heterocycles. The lowest BCUT2D eigenvalue weighted by Crippen LogP contribution is -2.58. The lowest BCUT2D eigenvalue weighted by atomic mass is 9.84. The number of Topliss-reactive ketones (excluding diaryl/α,β-unsaturated/α-hetero) is 1. The molecule has 1 aromatic carbocycles. The van der Waals surface area contributed by atoms with E-state index in [1.165, 1.54) is 6.07 Å². The van der Waals surface area contributed by atoms with Gasteiger partial charge in [0.2, 0.25) is 0 Å². The highest BCUT2D eigenvalue weighted by atomic mass is 16.3. The first-order valence-corrected chi connectivity index (χ1v) is 8.38. The van der Waals surface area contributed by atoms with Crippen molar-refractivity contribution in [2.45, 2.75) is 18.9 Å². The van der Waals surface area contributed by atoms with Crippen LogP contribution in [0.15, 0.2) is 24.4 Å². The predicted octanol–water partition coefficient (Wildman–Crippen LogP) is 1.28. The van der Waals surface area contributed by atoms with Gasteiger partial charge in [0.15, 0.2) is 0 Å². The van der Waals surface area contributed by atoms with E-state index in [-0.39, 0.29) is 11.8 Å². The number of aromatic hydroxyl groups is 1. The summed E-state index contributed by atoms with van der Waals surface area (Å²) >= 11 is 0. The van der Waals surface area contributed by atoms with E-state index in [1.54, 1.807) is 22.9 Å². The molecule has 3 fully saturated rings. The van der Waals surface area contributed by atoms with E-state index in [1.807, 2.05) is 7.05 Å². The highest BCUT2D eigenvalue weighted by molar-refractivity contribution is 6.45. The Bertz CT molecular complexity index is 818. The van der Waals surface area contributed by atoms with Gasteiger partial charge in [-0.05, 0) is 50.0 Å². The maximum absolute atomic E-state index is 12.6. The van der Waals surface area contributed by atoms with E-state index in [2.05, 4.69) is 10.2 Å². The minimum absolute atomic E-state index is 0.0623. The van der Waals surface area contributed by atoms with Crippen LogP contribution in [-0.4, -0.2) is 51.9 Å². The van der Waals surface area contributed by atoms with Crippen molar-refractivity contribution in [2.75, 3.05) is 19.6 Å². The van der Waals surface area contributed by atoms with Gasteiger partial charge in [-0.15, -0.1) is 0 Å². The first-order valence-electron chi connectivity index (χ1n) is 8.38. The number of ketones is 1. The molecule has 0 saturated carbocycles. The van der Waals surface area contributed by atoms with Crippen molar-refractivity contribution in [2.24, 2.45) is 13.0 Å². The number of benzene rings is 1. The third kappa shape index (κ3) is 2.47. The number of hydrogen-bond acceptors (Lipinski definition) is 4. The van der Waals surface area contributed by atoms with Crippen LogP contribution < -0.4 is 5.32 Å². The summed E-state index contributed by atoms with van der Waals surface area (Å²) in [5.41, 5.74) is 1.15. The van der Waals surface area contributed by atoms with Crippen LogP contribution in [0.4, 0.5) is 0 Å². The number of nitrogens with one attached hydrogen (secondary N) is 1. The predicted molar refractivity (Wildman–Crippen MR) is 90.0 cm³/mol. The first-order chi connectivity index (χ1) is 11.5. The van der Waals surface area contributed by atoms with Crippen molar-refractivity contribution < 1.29 is 14.7 Å². The van der Waals surface area contributed by atoms with Crippen molar-refractivity contribution in [1.29, 1.82) is 0 Å². The summed E-state index contributed by atoms with van der Waals surface area (Å²) in [6, 6.07) is 4.91. The maximum atomic E-state index is 12.6. The third-order valence-electron chi connectivity index (χ3n) is 5.40. The summed E-state index contributed by atoms with van der Waals surface area (Å²) in [6.07, 6.45) is 3.82. The van der Waals surface area contributed by atoms with Gasteiger partial charge in [-0.3, -0.25) is 9.59 Å². The molecule has 0 spiro atoms. The van der Waals surface area contributed by atoms with Crippen molar-refractivity contribution >= 4 is 22.6 Å². The van der Waals surface area contributed by atoms with Gasteiger partial charge in [-0.2, -0.15) is 0 Å². The van der Waals surface area contributed by atoms with Gasteiger partial charge in [0, 0.05) is 36.7 Å². The van der Waals surface area contributed by atoms with Crippen LogP contribution in [-0.2, 0) is 11.8 Å². The van der Waals surface area contributed by atoms with E-state index in [0.717, 1.165) is 38.0 Å². The van der Waals surface area contributed by atoms with E-state index >= 15 is 0 Å². The number of aryl methyl sites for hydroxylation is 1. The van der Waals surface area contributed by atoms with E-state index in [9.17, 15) is 14.7 Å². The molecule has 3 aliphatic rings.